The quantitative estimate of drug-likeness (QED) is 0.899. The summed E-state index contributed by atoms with van der Waals surface area (Å²) in [6.45, 7) is 0.978. The summed E-state index contributed by atoms with van der Waals surface area (Å²) in [5.74, 6) is 0. The fourth-order valence-electron chi connectivity index (χ4n) is 3.87. The number of piperidine rings is 1. The van der Waals surface area contributed by atoms with Gasteiger partial charge < -0.3 is 5.32 Å². The zero-order valence-electron chi connectivity index (χ0n) is 12.8. The van der Waals surface area contributed by atoms with E-state index in [1.165, 1.54) is 42.5 Å². The van der Waals surface area contributed by atoms with Crippen LogP contribution in [0.5, 0.6) is 0 Å². The molecule has 2 aromatic heterocycles. The van der Waals surface area contributed by atoms with E-state index in [2.05, 4.69) is 44.3 Å². The molecule has 2 bridgehead atoms. The Kier molecular flexibility index (Phi) is 4.88. The third-order valence-corrected chi connectivity index (χ3v) is 5.70. The van der Waals surface area contributed by atoms with Crippen LogP contribution in [0.4, 0.5) is 0 Å². The first kappa shape index (κ1) is 16.0. The molecule has 6 heteroatoms. The molecule has 0 amide bonds. The normalized spacial score (nSPS) is 27.1. The minimum absolute atomic E-state index is 0. The van der Waals surface area contributed by atoms with Crippen LogP contribution in [0.1, 0.15) is 31.2 Å². The maximum absolute atomic E-state index is 4.26. The molecule has 2 saturated heterocycles. The van der Waals surface area contributed by atoms with Crippen molar-refractivity contribution >= 4 is 23.7 Å². The van der Waals surface area contributed by atoms with Gasteiger partial charge in [-0.25, -0.2) is 0 Å². The third-order valence-electron chi connectivity index (χ3n) is 5.02. The number of thiophene rings is 1. The molecule has 0 aromatic carbocycles. The van der Waals surface area contributed by atoms with Gasteiger partial charge in [0.2, 0.25) is 0 Å². The predicted molar refractivity (Wildman–Crippen MR) is 93.6 cm³/mol. The van der Waals surface area contributed by atoms with Gasteiger partial charge in [0.05, 0.1) is 11.9 Å². The molecule has 120 valence electrons. The van der Waals surface area contributed by atoms with Gasteiger partial charge in [-0.05, 0) is 44.2 Å². The average Bonchev–Trinajstić information content (AvgIpc) is 3.20. The van der Waals surface area contributed by atoms with E-state index in [1.54, 1.807) is 11.3 Å². The molecular formula is C16H23ClN4S. The van der Waals surface area contributed by atoms with Crippen molar-refractivity contribution in [3.05, 3.63) is 28.6 Å². The van der Waals surface area contributed by atoms with Gasteiger partial charge in [0.15, 0.2) is 0 Å². The molecule has 2 aliphatic heterocycles. The van der Waals surface area contributed by atoms with Gasteiger partial charge in [-0.1, -0.05) is 0 Å². The number of nitrogens with one attached hydrogen (secondary N) is 2. The van der Waals surface area contributed by atoms with Crippen molar-refractivity contribution in [2.45, 2.75) is 50.4 Å². The molecule has 0 spiro atoms. The van der Waals surface area contributed by atoms with E-state index >= 15 is 0 Å². The van der Waals surface area contributed by atoms with Crippen LogP contribution in [0.2, 0.25) is 0 Å². The van der Waals surface area contributed by atoms with Crippen LogP contribution in [0, 0.1) is 0 Å². The summed E-state index contributed by atoms with van der Waals surface area (Å²) in [6, 6.07) is 4.36. The number of hydrogen-bond donors (Lipinski definition) is 2. The molecule has 0 aliphatic carbocycles. The number of rotatable bonds is 4. The fraction of sp³-hybridized carbons (Fsp3) is 0.562. The second kappa shape index (κ2) is 6.71. The lowest BCUT2D eigenvalue weighted by Crippen LogP contribution is -2.46. The number of nitrogens with zero attached hydrogens (tertiary/aromatic N) is 2. The van der Waals surface area contributed by atoms with Crippen LogP contribution in [0.25, 0.3) is 11.3 Å². The van der Waals surface area contributed by atoms with Gasteiger partial charge in [0.25, 0.3) is 0 Å². The summed E-state index contributed by atoms with van der Waals surface area (Å²) < 4.78 is 0. The summed E-state index contributed by atoms with van der Waals surface area (Å²) in [4.78, 5) is 2.52. The number of fused-ring (bicyclic) bond motifs is 2. The number of H-pyrrole nitrogens is 1. The van der Waals surface area contributed by atoms with E-state index in [0.29, 0.717) is 6.04 Å². The number of halogens is 1. The molecule has 2 fully saturated rings. The van der Waals surface area contributed by atoms with E-state index in [9.17, 15) is 0 Å². The summed E-state index contributed by atoms with van der Waals surface area (Å²) in [5.41, 5.74) is 3.74. The highest BCUT2D eigenvalue weighted by Crippen LogP contribution is 2.31. The maximum Gasteiger partial charge on any atom is 0.0703 e. The number of hydrogen-bond acceptors (Lipinski definition) is 4. The smallest absolute Gasteiger partial charge is 0.0703 e. The summed E-state index contributed by atoms with van der Waals surface area (Å²) in [5, 5.41) is 15.4. The van der Waals surface area contributed by atoms with Crippen LogP contribution in [-0.2, 0) is 6.54 Å². The highest BCUT2D eigenvalue weighted by atomic mass is 35.5. The standard InChI is InChI=1S/C16H22N4S.ClH/c1-20(15-6-13-2-3-14(7-15)18-13)9-12-8-17-19-16(12)11-4-5-21-10-11;/h4-5,8,10,13-15,18H,2-3,6-7,9H2,1H3,(H,17,19);1H. The number of aromatic nitrogens is 2. The molecule has 2 aliphatic rings. The van der Waals surface area contributed by atoms with Gasteiger partial charge in [-0.3, -0.25) is 10.00 Å². The topological polar surface area (TPSA) is 44.0 Å². The van der Waals surface area contributed by atoms with Gasteiger partial charge in [0.1, 0.15) is 0 Å². The lowest BCUT2D eigenvalue weighted by atomic mass is 9.98. The van der Waals surface area contributed by atoms with Crippen molar-refractivity contribution < 1.29 is 0 Å². The highest BCUT2D eigenvalue weighted by molar-refractivity contribution is 7.08. The Bertz CT molecular complexity index is 585. The van der Waals surface area contributed by atoms with E-state index in [4.69, 9.17) is 0 Å². The Morgan fingerprint density at radius 1 is 1.32 bits per heavy atom. The molecule has 2 atom stereocenters. The van der Waals surface area contributed by atoms with Crippen LogP contribution in [0.3, 0.4) is 0 Å². The molecule has 4 rings (SSSR count). The Morgan fingerprint density at radius 3 is 2.77 bits per heavy atom. The highest BCUT2D eigenvalue weighted by Gasteiger charge is 2.35. The lowest BCUT2D eigenvalue weighted by Gasteiger charge is -2.35. The molecule has 22 heavy (non-hydrogen) atoms. The zero-order valence-corrected chi connectivity index (χ0v) is 14.4. The van der Waals surface area contributed by atoms with Gasteiger partial charge in [-0.2, -0.15) is 16.4 Å². The van der Waals surface area contributed by atoms with Crippen LogP contribution in [0.15, 0.2) is 23.0 Å². The van der Waals surface area contributed by atoms with E-state index in [0.717, 1.165) is 18.6 Å². The Morgan fingerprint density at radius 2 is 2.09 bits per heavy atom. The lowest BCUT2D eigenvalue weighted by molar-refractivity contribution is 0.166. The zero-order chi connectivity index (χ0) is 14.2. The Labute approximate surface area is 141 Å². The largest absolute Gasteiger partial charge is 0.311 e. The Hall–Kier alpha value is -0.880. The molecule has 2 aromatic rings. The van der Waals surface area contributed by atoms with E-state index in [-0.39, 0.29) is 12.4 Å². The summed E-state index contributed by atoms with van der Waals surface area (Å²) >= 11 is 1.73. The van der Waals surface area contributed by atoms with Crippen LogP contribution < -0.4 is 5.32 Å². The molecule has 4 heterocycles. The molecule has 2 unspecified atom stereocenters. The number of aromatic amines is 1. The molecular weight excluding hydrogens is 316 g/mol. The second-order valence-electron chi connectivity index (χ2n) is 6.46. The Balaban J connectivity index is 0.00000144. The first-order valence-corrected chi connectivity index (χ1v) is 8.75. The first-order valence-electron chi connectivity index (χ1n) is 7.80. The van der Waals surface area contributed by atoms with Gasteiger partial charge in [-0.15, -0.1) is 12.4 Å². The van der Waals surface area contributed by atoms with Crippen molar-refractivity contribution in [3.63, 3.8) is 0 Å². The molecule has 4 nitrogen and oxygen atoms in total. The van der Waals surface area contributed by atoms with Crippen molar-refractivity contribution in [2.24, 2.45) is 0 Å². The summed E-state index contributed by atoms with van der Waals surface area (Å²) in [6.07, 6.45) is 7.29. The minimum atomic E-state index is 0. The minimum Gasteiger partial charge on any atom is -0.311 e. The third kappa shape index (κ3) is 3.08. The van der Waals surface area contributed by atoms with E-state index in [1.807, 2.05) is 6.20 Å². The van der Waals surface area contributed by atoms with Crippen LogP contribution in [-0.4, -0.2) is 40.3 Å². The van der Waals surface area contributed by atoms with E-state index < -0.39 is 0 Å². The monoisotopic (exact) mass is 338 g/mol. The van der Waals surface area contributed by atoms with Crippen molar-refractivity contribution in [1.82, 2.24) is 20.4 Å². The van der Waals surface area contributed by atoms with Crippen LogP contribution >= 0.6 is 23.7 Å². The molecule has 2 N–H and O–H groups in total. The average molecular weight is 339 g/mol. The van der Waals surface area contributed by atoms with Crippen molar-refractivity contribution in [2.75, 3.05) is 7.05 Å². The van der Waals surface area contributed by atoms with Gasteiger partial charge >= 0.3 is 0 Å². The maximum atomic E-state index is 4.26. The second-order valence-corrected chi connectivity index (χ2v) is 7.24. The predicted octanol–water partition coefficient (Wildman–Crippen LogP) is 3.27. The summed E-state index contributed by atoms with van der Waals surface area (Å²) in [7, 11) is 2.26. The van der Waals surface area contributed by atoms with Crippen molar-refractivity contribution in [1.29, 1.82) is 0 Å². The van der Waals surface area contributed by atoms with Crippen molar-refractivity contribution in [3.8, 4) is 11.3 Å². The van der Waals surface area contributed by atoms with Gasteiger partial charge in [0, 0.05) is 41.2 Å². The SMILES string of the molecule is CN(Cc1cn[nH]c1-c1ccsc1)C1CC2CCC(C1)N2.Cl. The molecule has 0 saturated carbocycles. The molecule has 0 radical (unpaired) electrons. The fourth-order valence-corrected chi connectivity index (χ4v) is 4.52. The first-order chi connectivity index (χ1) is 10.3.